The minimum atomic E-state index is -0.458. The third kappa shape index (κ3) is 2.16. The Morgan fingerprint density at radius 3 is 2.88 bits per heavy atom. The Labute approximate surface area is 99.2 Å². The van der Waals surface area contributed by atoms with Gasteiger partial charge in [0.15, 0.2) is 0 Å². The van der Waals surface area contributed by atoms with Crippen LogP contribution in [0.15, 0.2) is 36.4 Å². The quantitative estimate of drug-likeness (QED) is 0.863. The molecule has 0 radical (unpaired) electrons. The zero-order chi connectivity index (χ0) is 11.5. The summed E-state index contributed by atoms with van der Waals surface area (Å²) in [6.45, 7) is 0. The largest absolute Gasteiger partial charge is 0.316 e. The molecule has 0 heterocycles. The van der Waals surface area contributed by atoms with E-state index >= 15 is 0 Å². The van der Waals surface area contributed by atoms with E-state index in [-0.39, 0.29) is 0 Å². The van der Waals surface area contributed by atoms with Gasteiger partial charge in [-0.1, -0.05) is 35.9 Å². The van der Waals surface area contributed by atoms with Crippen molar-refractivity contribution in [1.29, 1.82) is 5.26 Å². The molecule has 0 amide bonds. The molecule has 0 unspecified atom stereocenters. The van der Waals surface area contributed by atoms with Crippen LogP contribution in [0.3, 0.4) is 0 Å². The number of hydrogen-bond acceptors (Lipinski definition) is 2. The van der Waals surface area contributed by atoms with Crippen LogP contribution in [0.4, 0.5) is 0 Å². The van der Waals surface area contributed by atoms with Gasteiger partial charge in [0.1, 0.15) is 0 Å². The molecule has 80 valence electrons. The fraction of sp³-hybridized carbons (Fsp3) is 0.154. The maximum absolute atomic E-state index is 8.66. The van der Waals surface area contributed by atoms with Crippen molar-refractivity contribution in [3.8, 4) is 6.07 Å². The Morgan fingerprint density at radius 2 is 2.12 bits per heavy atom. The lowest BCUT2D eigenvalue weighted by atomic mass is 10.0. The van der Waals surface area contributed by atoms with Gasteiger partial charge in [0.25, 0.3) is 0 Å². The van der Waals surface area contributed by atoms with E-state index in [4.69, 9.17) is 22.6 Å². The van der Waals surface area contributed by atoms with Crippen LogP contribution in [-0.4, -0.2) is 6.04 Å². The highest BCUT2D eigenvalue weighted by Gasteiger charge is 2.04. The van der Waals surface area contributed by atoms with Crippen molar-refractivity contribution in [2.75, 3.05) is 0 Å². The van der Waals surface area contributed by atoms with Gasteiger partial charge in [-0.25, -0.2) is 0 Å². The molecule has 0 fully saturated rings. The number of nitriles is 1. The summed E-state index contributed by atoms with van der Waals surface area (Å²) >= 11 is 6.10. The van der Waals surface area contributed by atoms with E-state index in [1.165, 1.54) is 0 Å². The smallest absolute Gasteiger partial charge is 0.0968 e. The lowest BCUT2D eigenvalue weighted by Crippen LogP contribution is -2.19. The summed E-state index contributed by atoms with van der Waals surface area (Å²) in [5.74, 6) is 0. The number of nitrogens with two attached hydrogens (primary N) is 1. The first-order valence-electron chi connectivity index (χ1n) is 5.03. The first kappa shape index (κ1) is 10.9. The van der Waals surface area contributed by atoms with E-state index < -0.39 is 6.04 Å². The van der Waals surface area contributed by atoms with Crippen molar-refractivity contribution in [2.24, 2.45) is 5.73 Å². The molecule has 0 bridgehead atoms. The number of hydrogen-bond donors (Lipinski definition) is 1. The fourth-order valence-electron chi connectivity index (χ4n) is 1.71. The van der Waals surface area contributed by atoms with Crippen LogP contribution in [0.5, 0.6) is 0 Å². The Kier molecular flexibility index (Phi) is 3.09. The molecule has 0 aliphatic heterocycles. The molecule has 1 atom stereocenters. The van der Waals surface area contributed by atoms with Gasteiger partial charge in [0.05, 0.1) is 12.1 Å². The van der Waals surface area contributed by atoms with Gasteiger partial charge in [-0.3, -0.25) is 0 Å². The van der Waals surface area contributed by atoms with Crippen LogP contribution in [0.25, 0.3) is 10.8 Å². The first-order valence-corrected chi connectivity index (χ1v) is 5.41. The van der Waals surface area contributed by atoms with Crippen molar-refractivity contribution in [3.63, 3.8) is 0 Å². The molecule has 0 saturated heterocycles. The van der Waals surface area contributed by atoms with E-state index in [9.17, 15) is 0 Å². The fourth-order valence-corrected chi connectivity index (χ4v) is 1.94. The van der Waals surface area contributed by atoms with Crippen molar-refractivity contribution in [2.45, 2.75) is 12.5 Å². The Morgan fingerprint density at radius 1 is 1.31 bits per heavy atom. The van der Waals surface area contributed by atoms with Gasteiger partial charge >= 0.3 is 0 Å². The zero-order valence-electron chi connectivity index (χ0n) is 8.65. The second-order valence-electron chi connectivity index (χ2n) is 3.74. The number of benzene rings is 2. The average Bonchev–Trinajstić information content (AvgIpc) is 2.30. The maximum atomic E-state index is 8.66. The standard InChI is InChI=1S/C13H11ClN2/c14-13-3-1-2-10-5-4-9(7-12(10)13)6-11(16)8-15/h1-5,7,11H,6,16H2/t11-/m0/s1. The van der Waals surface area contributed by atoms with Crippen molar-refractivity contribution >= 4 is 22.4 Å². The number of halogens is 1. The highest BCUT2D eigenvalue weighted by molar-refractivity contribution is 6.35. The number of fused-ring (bicyclic) bond motifs is 1. The molecule has 2 nitrogen and oxygen atoms in total. The van der Waals surface area contributed by atoms with E-state index in [1.807, 2.05) is 42.5 Å². The Bertz CT molecular complexity index is 557. The SMILES string of the molecule is N#C[C@@H](N)Cc1ccc2cccc(Cl)c2c1. The molecular weight excluding hydrogens is 220 g/mol. The summed E-state index contributed by atoms with van der Waals surface area (Å²) < 4.78 is 0. The van der Waals surface area contributed by atoms with Gasteiger partial charge in [0.2, 0.25) is 0 Å². The molecule has 2 N–H and O–H groups in total. The predicted octanol–water partition coefficient (Wildman–Crippen LogP) is 2.89. The second-order valence-corrected chi connectivity index (χ2v) is 4.14. The molecule has 2 aromatic carbocycles. The summed E-state index contributed by atoms with van der Waals surface area (Å²) in [7, 11) is 0. The second kappa shape index (κ2) is 4.52. The van der Waals surface area contributed by atoms with Crippen molar-refractivity contribution in [3.05, 3.63) is 47.0 Å². The van der Waals surface area contributed by atoms with Crippen molar-refractivity contribution in [1.82, 2.24) is 0 Å². The van der Waals surface area contributed by atoms with Crippen molar-refractivity contribution < 1.29 is 0 Å². The van der Waals surface area contributed by atoms with Gasteiger partial charge in [0, 0.05) is 16.8 Å². The lowest BCUT2D eigenvalue weighted by molar-refractivity contribution is 0.824. The van der Waals surface area contributed by atoms with Gasteiger partial charge in [-0.05, 0) is 23.1 Å². The van der Waals surface area contributed by atoms with Crippen LogP contribution >= 0.6 is 11.6 Å². The van der Waals surface area contributed by atoms with Gasteiger partial charge < -0.3 is 5.73 Å². The normalized spacial score (nSPS) is 12.3. The average molecular weight is 231 g/mol. The molecule has 0 spiro atoms. The highest BCUT2D eigenvalue weighted by atomic mass is 35.5. The summed E-state index contributed by atoms with van der Waals surface area (Å²) in [6.07, 6.45) is 0.553. The van der Waals surface area contributed by atoms with Crippen LogP contribution < -0.4 is 5.73 Å². The molecule has 0 aromatic heterocycles. The summed E-state index contributed by atoms with van der Waals surface area (Å²) in [4.78, 5) is 0. The summed E-state index contributed by atoms with van der Waals surface area (Å²) in [6, 6.07) is 13.3. The van der Waals surface area contributed by atoms with Crippen LogP contribution in [0.1, 0.15) is 5.56 Å². The Hall–Kier alpha value is -1.56. The molecule has 3 heteroatoms. The van der Waals surface area contributed by atoms with Gasteiger partial charge in [-0.15, -0.1) is 0 Å². The van der Waals surface area contributed by atoms with Gasteiger partial charge in [-0.2, -0.15) is 5.26 Å². The minimum absolute atomic E-state index is 0.458. The van der Waals surface area contributed by atoms with Crippen LogP contribution in [-0.2, 0) is 6.42 Å². The molecular formula is C13H11ClN2. The van der Waals surface area contributed by atoms with E-state index in [1.54, 1.807) is 0 Å². The topological polar surface area (TPSA) is 49.8 Å². The molecule has 0 saturated carbocycles. The predicted molar refractivity (Wildman–Crippen MR) is 66.3 cm³/mol. The molecule has 2 aromatic rings. The number of rotatable bonds is 2. The van der Waals surface area contributed by atoms with E-state index in [0.717, 1.165) is 21.4 Å². The number of nitrogens with zero attached hydrogens (tertiary/aromatic N) is 1. The maximum Gasteiger partial charge on any atom is 0.0968 e. The monoisotopic (exact) mass is 230 g/mol. The minimum Gasteiger partial charge on any atom is -0.316 e. The van der Waals surface area contributed by atoms with Crippen LogP contribution in [0, 0.1) is 11.3 Å². The van der Waals surface area contributed by atoms with E-state index in [2.05, 4.69) is 0 Å². The Balaban J connectivity index is 2.44. The van der Waals surface area contributed by atoms with Crippen LogP contribution in [0.2, 0.25) is 5.02 Å². The molecule has 0 aliphatic carbocycles. The molecule has 16 heavy (non-hydrogen) atoms. The molecule has 0 aliphatic rings. The summed E-state index contributed by atoms with van der Waals surface area (Å²) in [5.41, 5.74) is 6.63. The third-order valence-corrected chi connectivity index (χ3v) is 2.84. The third-order valence-electron chi connectivity index (χ3n) is 2.51. The lowest BCUT2D eigenvalue weighted by Gasteiger charge is -2.06. The highest BCUT2D eigenvalue weighted by Crippen LogP contribution is 2.24. The summed E-state index contributed by atoms with van der Waals surface area (Å²) in [5, 5.41) is 11.5. The zero-order valence-corrected chi connectivity index (χ0v) is 9.41. The van der Waals surface area contributed by atoms with E-state index in [0.29, 0.717) is 6.42 Å². The molecule has 2 rings (SSSR count). The first-order chi connectivity index (χ1) is 7.70.